The van der Waals surface area contributed by atoms with Gasteiger partial charge in [-0.15, -0.1) is 0 Å². The summed E-state index contributed by atoms with van der Waals surface area (Å²) >= 11 is 7.87. The zero-order valence-corrected chi connectivity index (χ0v) is 15.3. The Bertz CT molecular complexity index is 636. The molecule has 3 nitrogen and oxygen atoms in total. The van der Waals surface area contributed by atoms with Crippen molar-refractivity contribution in [3.63, 3.8) is 0 Å². The molecule has 2 aromatic rings. The number of rotatable bonds is 9. The predicted octanol–water partition coefficient (Wildman–Crippen LogP) is 4.55. The maximum Gasteiger partial charge on any atom is 0.261 e. The first-order valence-corrected chi connectivity index (χ1v) is 9.54. The average molecular weight is 364 g/mol. The fraction of sp³-hybridized carbons (Fsp3) is 0.316. The highest BCUT2D eigenvalue weighted by atomic mass is 35.5. The van der Waals surface area contributed by atoms with Gasteiger partial charge in [0.05, 0.1) is 0 Å². The molecule has 0 aromatic heterocycles. The van der Waals surface area contributed by atoms with E-state index in [1.165, 1.54) is 0 Å². The lowest BCUT2D eigenvalue weighted by atomic mass is 10.2. The molecule has 128 valence electrons. The van der Waals surface area contributed by atoms with Crippen LogP contribution in [0.3, 0.4) is 0 Å². The van der Waals surface area contributed by atoms with E-state index in [2.05, 4.69) is 5.32 Å². The van der Waals surface area contributed by atoms with Crippen molar-refractivity contribution >= 4 is 29.3 Å². The van der Waals surface area contributed by atoms with Crippen molar-refractivity contribution in [2.45, 2.75) is 25.2 Å². The van der Waals surface area contributed by atoms with Gasteiger partial charge in [0.25, 0.3) is 5.91 Å². The predicted molar refractivity (Wildman–Crippen MR) is 102 cm³/mol. The van der Waals surface area contributed by atoms with Crippen molar-refractivity contribution in [1.82, 2.24) is 5.32 Å². The van der Waals surface area contributed by atoms with E-state index in [0.29, 0.717) is 18.7 Å². The molecule has 1 atom stereocenters. The van der Waals surface area contributed by atoms with E-state index in [4.69, 9.17) is 16.3 Å². The molecule has 0 saturated carbocycles. The lowest BCUT2D eigenvalue weighted by molar-refractivity contribution is -0.127. The van der Waals surface area contributed by atoms with Gasteiger partial charge in [0, 0.05) is 23.1 Å². The van der Waals surface area contributed by atoms with Crippen LogP contribution in [0.5, 0.6) is 5.75 Å². The second kappa shape index (κ2) is 10.3. The van der Waals surface area contributed by atoms with Crippen molar-refractivity contribution in [2.75, 3.05) is 12.3 Å². The topological polar surface area (TPSA) is 38.3 Å². The van der Waals surface area contributed by atoms with E-state index in [1.54, 1.807) is 11.8 Å². The summed E-state index contributed by atoms with van der Waals surface area (Å²) in [6, 6.07) is 17.2. The molecule has 0 unspecified atom stereocenters. The van der Waals surface area contributed by atoms with Gasteiger partial charge >= 0.3 is 0 Å². The van der Waals surface area contributed by atoms with E-state index >= 15 is 0 Å². The Morgan fingerprint density at radius 1 is 1.17 bits per heavy atom. The quantitative estimate of drug-likeness (QED) is 0.664. The van der Waals surface area contributed by atoms with E-state index in [1.807, 2.05) is 61.5 Å². The largest absolute Gasteiger partial charge is 0.481 e. The van der Waals surface area contributed by atoms with E-state index in [-0.39, 0.29) is 5.91 Å². The third-order valence-electron chi connectivity index (χ3n) is 3.45. The molecule has 24 heavy (non-hydrogen) atoms. The van der Waals surface area contributed by atoms with E-state index < -0.39 is 6.10 Å². The van der Waals surface area contributed by atoms with Crippen LogP contribution in [-0.4, -0.2) is 24.3 Å². The second-order valence-electron chi connectivity index (χ2n) is 5.26. The summed E-state index contributed by atoms with van der Waals surface area (Å²) in [6.45, 7) is 2.56. The standard InChI is InChI=1S/C19H22ClNO2S/c1-2-18(23-16-9-4-3-5-10-16)19(22)21-12-13-24-14-15-8-6-7-11-17(15)20/h3-11,18H,2,12-14H2,1H3,(H,21,22)/t18-/m1/s1. The van der Waals surface area contributed by atoms with Crippen molar-refractivity contribution in [3.8, 4) is 5.75 Å². The van der Waals surface area contributed by atoms with E-state index in [0.717, 1.165) is 22.1 Å². The molecule has 0 aliphatic rings. The second-order valence-corrected chi connectivity index (χ2v) is 6.78. The summed E-state index contributed by atoms with van der Waals surface area (Å²) in [5.74, 6) is 2.32. The van der Waals surface area contributed by atoms with Crippen LogP contribution in [0.15, 0.2) is 54.6 Å². The van der Waals surface area contributed by atoms with Gasteiger partial charge < -0.3 is 10.1 Å². The van der Waals surface area contributed by atoms with Crippen LogP contribution in [0, 0.1) is 0 Å². The van der Waals surface area contributed by atoms with Gasteiger partial charge in [0.1, 0.15) is 5.75 Å². The van der Waals surface area contributed by atoms with Crippen LogP contribution >= 0.6 is 23.4 Å². The van der Waals surface area contributed by atoms with Crippen LogP contribution in [0.25, 0.3) is 0 Å². The molecular weight excluding hydrogens is 342 g/mol. The third-order valence-corrected chi connectivity index (χ3v) is 4.82. The van der Waals surface area contributed by atoms with Gasteiger partial charge in [-0.1, -0.05) is 54.9 Å². The SMILES string of the molecule is CC[C@@H](Oc1ccccc1)C(=O)NCCSCc1ccccc1Cl. The molecule has 1 N–H and O–H groups in total. The normalized spacial score (nSPS) is 11.8. The maximum atomic E-state index is 12.2. The summed E-state index contributed by atoms with van der Waals surface area (Å²) in [6.07, 6.45) is 0.175. The molecule has 1 amide bonds. The van der Waals surface area contributed by atoms with Gasteiger partial charge in [0.15, 0.2) is 6.10 Å². The Balaban J connectivity index is 1.69. The van der Waals surface area contributed by atoms with Crippen LogP contribution in [0.1, 0.15) is 18.9 Å². The lowest BCUT2D eigenvalue weighted by Gasteiger charge is -2.17. The third kappa shape index (κ3) is 6.10. The lowest BCUT2D eigenvalue weighted by Crippen LogP contribution is -2.39. The highest BCUT2D eigenvalue weighted by Crippen LogP contribution is 2.20. The number of hydrogen-bond acceptors (Lipinski definition) is 3. The van der Waals surface area contributed by atoms with Gasteiger partial charge in [-0.3, -0.25) is 4.79 Å². The molecule has 0 heterocycles. The average Bonchev–Trinajstić information content (AvgIpc) is 2.61. The first-order valence-electron chi connectivity index (χ1n) is 8.01. The Hall–Kier alpha value is -1.65. The maximum absolute atomic E-state index is 12.2. The van der Waals surface area contributed by atoms with Crippen molar-refractivity contribution < 1.29 is 9.53 Å². The summed E-state index contributed by atoms with van der Waals surface area (Å²) in [5, 5.41) is 3.73. The van der Waals surface area contributed by atoms with Gasteiger partial charge in [-0.25, -0.2) is 0 Å². The van der Waals surface area contributed by atoms with Crippen LogP contribution < -0.4 is 10.1 Å². The van der Waals surface area contributed by atoms with Gasteiger partial charge in [-0.05, 0) is 30.2 Å². The van der Waals surface area contributed by atoms with Crippen molar-refractivity contribution in [3.05, 3.63) is 65.2 Å². The molecule has 2 aromatic carbocycles. The number of benzene rings is 2. The molecule has 0 aliphatic heterocycles. The number of thioether (sulfide) groups is 1. The van der Waals surface area contributed by atoms with Crippen LogP contribution in [0.4, 0.5) is 0 Å². The van der Waals surface area contributed by atoms with Crippen LogP contribution in [-0.2, 0) is 10.5 Å². The molecular formula is C19H22ClNO2S. The highest BCUT2D eigenvalue weighted by Gasteiger charge is 2.17. The molecule has 0 aliphatic carbocycles. The molecule has 0 spiro atoms. The minimum Gasteiger partial charge on any atom is -0.481 e. The molecule has 0 saturated heterocycles. The monoisotopic (exact) mass is 363 g/mol. The van der Waals surface area contributed by atoms with Gasteiger partial charge in [0.2, 0.25) is 0 Å². The smallest absolute Gasteiger partial charge is 0.261 e. The Kier molecular flexibility index (Phi) is 7.99. The Morgan fingerprint density at radius 3 is 2.58 bits per heavy atom. The number of carbonyl (C=O) groups excluding carboxylic acids is 1. The molecule has 0 radical (unpaired) electrons. The number of hydrogen-bond donors (Lipinski definition) is 1. The molecule has 0 fully saturated rings. The summed E-state index contributed by atoms with van der Waals surface area (Å²) in [4.78, 5) is 12.2. The Morgan fingerprint density at radius 2 is 1.88 bits per heavy atom. The summed E-state index contributed by atoms with van der Waals surface area (Å²) in [5.41, 5.74) is 1.12. The summed E-state index contributed by atoms with van der Waals surface area (Å²) < 4.78 is 5.73. The zero-order valence-electron chi connectivity index (χ0n) is 13.7. The molecule has 2 rings (SSSR count). The van der Waals surface area contributed by atoms with Crippen molar-refractivity contribution in [2.24, 2.45) is 0 Å². The highest BCUT2D eigenvalue weighted by molar-refractivity contribution is 7.98. The minimum absolute atomic E-state index is 0.0697. The summed E-state index contributed by atoms with van der Waals surface area (Å²) in [7, 11) is 0. The van der Waals surface area contributed by atoms with Gasteiger partial charge in [-0.2, -0.15) is 11.8 Å². The zero-order chi connectivity index (χ0) is 17.2. The number of para-hydroxylation sites is 1. The number of halogens is 1. The first-order chi connectivity index (χ1) is 11.7. The number of nitrogens with one attached hydrogen (secondary N) is 1. The fourth-order valence-electron chi connectivity index (χ4n) is 2.14. The number of amides is 1. The van der Waals surface area contributed by atoms with Crippen molar-refractivity contribution in [1.29, 1.82) is 0 Å². The Labute approximate surface area is 152 Å². The molecule has 5 heteroatoms. The molecule has 0 bridgehead atoms. The first kappa shape index (κ1) is 18.7. The minimum atomic E-state index is -0.457. The van der Waals surface area contributed by atoms with E-state index in [9.17, 15) is 4.79 Å². The fourth-order valence-corrected chi connectivity index (χ4v) is 3.29. The number of carbonyl (C=O) groups is 1. The number of ether oxygens (including phenoxy) is 1. The van der Waals surface area contributed by atoms with Crippen LogP contribution in [0.2, 0.25) is 5.02 Å².